The summed E-state index contributed by atoms with van der Waals surface area (Å²) in [5.74, 6) is -0.763. The molecule has 6 heteroatoms. The van der Waals surface area contributed by atoms with E-state index in [0.717, 1.165) is 19.3 Å². The lowest BCUT2D eigenvalue weighted by Gasteiger charge is -2.42. The van der Waals surface area contributed by atoms with Gasteiger partial charge in [-0.05, 0) is 37.6 Å². The maximum absolute atomic E-state index is 12.5. The highest BCUT2D eigenvalue weighted by atomic mass is 16.5. The fourth-order valence-electron chi connectivity index (χ4n) is 4.47. The molecule has 0 aromatic heterocycles. The van der Waals surface area contributed by atoms with E-state index in [1.807, 2.05) is 0 Å². The smallest absolute Gasteiger partial charge is 0.427 e. The molecule has 4 atom stereocenters. The predicted molar refractivity (Wildman–Crippen MR) is 82.7 cm³/mol. The third-order valence-corrected chi connectivity index (χ3v) is 5.49. The van der Waals surface area contributed by atoms with Crippen molar-refractivity contribution in [3.8, 4) is 0 Å². The molecular formula is C16H24BNO4. The van der Waals surface area contributed by atoms with Crippen LogP contribution in [0.3, 0.4) is 0 Å². The zero-order valence-corrected chi connectivity index (χ0v) is 13.5. The number of carbonyl (C=O) groups excluding carboxylic acids is 2. The Hall–Kier alpha value is -1.14. The van der Waals surface area contributed by atoms with Crippen molar-refractivity contribution in [2.45, 2.75) is 52.0 Å². The van der Waals surface area contributed by atoms with E-state index in [0.29, 0.717) is 12.7 Å². The number of fused-ring (bicyclic) bond motifs is 3. The van der Waals surface area contributed by atoms with Crippen LogP contribution >= 0.6 is 0 Å². The van der Waals surface area contributed by atoms with Crippen LogP contribution in [-0.4, -0.2) is 42.0 Å². The number of carbonyl (C=O) groups is 2. The van der Waals surface area contributed by atoms with Crippen molar-refractivity contribution < 1.29 is 19.3 Å². The summed E-state index contributed by atoms with van der Waals surface area (Å²) in [6.45, 7) is 4.18. The Morgan fingerprint density at radius 2 is 2.05 bits per heavy atom. The Labute approximate surface area is 131 Å². The Morgan fingerprint density at radius 3 is 2.73 bits per heavy atom. The molecule has 0 unspecified atom stereocenters. The summed E-state index contributed by atoms with van der Waals surface area (Å²) in [5, 5.41) is 10.1. The molecule has 0 saturated carbocycles. The zero-order valence-electron chi connectivity index (χ0n) is 13.5. The first-order valence-electron chi connectivity index (χ1n) is 8.30. The van der Waals surface area contributed by atoms with Crippen LogP contribution in [0.15, 0.2) is 11.1 Å². The largest absolute Gasteiger partial charge is 0.455 e. The molecule has 22 heavy (non-hydrogen) atoms. The van der Waals surface area contributed by atoms with Gasteiger partial charge in [0.1, 0.15) is 0 Å². The molecule has 120 valence electrons. The minimum atomic E-state index is -0.837. The van der Waals surface area contributed by atoms with Gasteiger partial charge < -0.3 is 9.68 Å². The maximum Gasteiger partial charge on any atom is 0.455 e. The van der Waals surface area contributed by atoms with Gasteiger partial charge in [0.2, 0.25) is 11.8 Å². The SMILES string of the molecule is CCCC[C@H]1OB(O)C[C@H]2C1=C(C)C[C@H]1C(=O)N(C)C(=O)[C@H]12. The summed E-state index contributed by atoms with van der Waals surface area (Å²) in [4.78, 5) is 26.1. The van der Waals surface area contributed by atoms with Crippen molar-refractivity contribution >= 4 is 18.9 Å². The van der Waals surface area contributed by atoms with Crippen molar-refractivity contribution in [1.82, 2.24) is 4.90 Å². The first-order valence-corrected chi connectivity index (χ1v) is 8.30. The summed E-state index contributed by atoms with van der Waals surface area (Å²) < 4.78 is 5.75. The number of imide groups is 1. The van der Waals surface area contributed by atoms with Gasteiger partial charge in [-0.1, -0.05) is 25.3 Å². The molecule has 3 aliphatic rings. The van der Waals surface area contributed by atoms with Gasteiger partial charge in [-0.3, -0.25) is 14.5 Å². The summed E-state index contributed by atoms with van der Waals surface area (Å²) in [7, 11) is 0.735. The highest BCUT2D eigenvalue weighted by Crippen LogP contribution is 2.49. The Morgan fingerprint density at radius 1 is 1.32 bits per heavy atom. The molecule has 1 aliphatic carbocycles. The molecule has 2 heterocycles. The standard InChI is InChI=1S/C16H24BNO4/c1-4-5-6-12-13-9(2)7-10-14(11(13)8-17(21)22-12)16(20)18(3)15(10)19/h10-12,14,21H,4-8H2,1-3H3/t10-,11+,12-,14-/m1/s1. The molecule has 3 rings (SSSR count). The van der Waals surface area contributed by atoms with E-state index in [1.165, 1.54) is 16.0 Å². The molecule has 0 radical (unpaired) electrons. The van der Waals surface area contributed by atoms with E-state index in [-0.39, 0.29) is 35.7 Å². The first kappa shape index (κ1) is 15.7. The van der Waals surface area contributed by atoms with Gasteiger partial charge in [-0.25, -0.2) is 0 Å². The molecule has 0 spiro atoms. The van der Waals surface area contributed by atoms with Crippen LogP contribution < -0.4 is 0 Å². The van der Waals surface area contributed by atoms with Crippen LogP contribution in [0.2, 0.25) is 6.32 Å². The number of rotatable bonds is 3. The van der Waals surface area contributed by atoms with Gasteiger partial charge in [-0.2, -0.15) is 0 Å². The lowest BCUT2D eigenvalue weighted by atomic mass is 9.59. The molecule has 0 bridgehead atoms. The number of nitrogens with zero attached hydrogens (tertiary/aromatic N) is 1. The van der Waals surface area contributed by atoms with Gasteiger partial charge in [0.25, 0.3) is 0 Å². The number of amides is 2. The molecule has 0 aromatic rings. The molecule has 2 fully saturated rings. The van der Waals surface area contributed by atoms with E-state index in [2.05, 4.69) is 13.8 Å². The molecule has 1 N–H and O–H groups in total. The summed E-state index contributed by atoms with van der Waals surface area (Å²) in [5.41, 5.74) is 2.35. The van der Waals surface area contributed by atoms with E-state index in [9.17, 15) is 14.6 Å². The van der Waals surface area contributed by atoms with Crippen molar-refractivity contribution in [2.24, 2.45) is 17.8 Å². The summed E-state index contributed by atoms with van der Waals surface area (Å²) in [6, 6.07) is 0. The fraction of sp³-hybridized carbons (Fsp3) is 0.750. The Kier molecular flexibility index (Phi) is 4.16. The van der Waals surface area contributed by atoms with Crippen molar-refractivity contribution in [2.75, 3.05) is 7.05 Å². The number of allylic oxidation sites excluding steroid dienone is 1. The summed E-state index contributed by atoms with van der Waals surface area (Å²) in [6.07, 6.45) is 3.92. The normalized spacial score (nSPS) is 35.1. The second-order valence-corrected chi connectivity index (χ2v) is 6.87. The Balaban J connectivity index is 1.96. The van der Waals surface area contributed by atoms with Crippen molar-refractivity contribution in [1.29, 1.82) is 0 Å². The van der Waals surface area contributed by atoms with E-state index >= 15 is 0 Å². The topological polar surface area (TPSA) is 66.8 Å². The molecule has 0 aromatic carbocycles. The van der Waals surface area contributed by atoms with Crippen LogP contribution in [-0.2, 0) is 14.2 Å². The fourth-order valence-corrected chi connectivity index (χ4v) is 4.47. The minimum absolute atomic E-state index is 0.0502. The molecule has 2 amide bonds. The average Bonchev–Trinajstić information content (AvgIpc) is 2.69. The molecule has 2 aliphatic heterocycles. The lowest BCUT2D eigenvalue weighted by molar-refractivity contribution is -0.138. The van der Waals surface area contributed by atoms with Gasteiger partial charge in [0, 0.05) is 7.05 Å². The van der Waals surface area contributed by atoms with Crippen LogP contribution in [0.5, 0.6) is 0 Å². The highest BCUT2D eigenvalue weighted by molar-refractivity contribution is 6.43. The number of unbranched alkanes of at least 4 members (excludes halogenated alkanes) is 1. The second kappa shape index (κ2) is 5.82. The maximum atomic E-state index is 12.5. The second-order valence-electron chi connectivity index (χ2n) is 6.87. The quantitative estimate of drug-likeness (QED) is 0.489. The van der Waals surface area contributed by atoms with Crippen LogP contribution in [0.25, 0.3) is 0 Å². The van der Waals surface area contributed by atoms with E-state index < -0.39 is 7.12 Å². The van der Waals surface area contributed by atoms with Gasteiger partial charge in [0.05, 0.1) is 17.9 Å². The predicted octanol–water partition coefficient (Wildman–Crippen LogP) is 1.62. The lowest BCUT2D eigenvalue weighted by Crippen LogP contribution is -2.45. The minimum Gasteiger partial charge on any atom is -0.427 e. The van der Waals surface area contributed by atoms with Crippen molar-refractivity contribution in [3.63, 3.8) is 0 Å². The van der Waals surface area contributed by atoms with Crippen LogP contribution in [0, 0.1) is 17.8 Å². The van der Waals surface area contributed by atoms with Crippen LogP contribution in [0.4, 0.5) is 0 Å². The average molecular weight is 305 g/mol. The highest BCUT2D eigenvalue weighted by Gasteiger charge is 2.55. The summed E-state index contributed by atoms with van der Waals surface area (Å²) >= 11 is 0. The Bertz CT molecular complexity index is 532. The third kappa shape index (κ3) is 2.33. The van der Waals surface area contributed by atoms with Gasteiger partial charge in [-0.15, -0.1) is 0 Å². The molecular weight excluding hydrogens is 281 g/mol. The van der Waals surface area contributed by atoms with Crippen LogP contribution in [0.1, 0.15) is 39.5 Å². The van der Waals surface area contributed by atoms with Gasteiger partial charge in [0.15, 0.2) is 0 Å². The number of hydrogen-bond donors (Lipinski definition) is 1. The van der Waals surface area contributed by atoms with E-state index in [4.69, 9.17) is 4.65 Å². The number of likely N-dealkylation sites (tertiary alicyclic amines) is 1. The van der Waals surface area contributed by atoms with Crippen molar-refractivity contribution in [3.05, 3.63) is 11.1 Å². The van der Waals surface area contributed by atoms with E-state index in [1.54, 1.807) is 7.05 Å². The first-order chi connectivity index (χ1) is 10.5. The van der Waals surface area contributed by atoms with Gasteiger partial charge >= 0.3 is 7.12 Å². The third-order valence-electron chi connectivity index (χ3n) is 5.49. The molecule has 5 nitrogen and oxygen atoms in total. The monoisotopic (exact) mass is 305 g/mol. The molecule has 2 saturated heterocycles. The zero-order chi connectivity index (χ0) is 16.0. The number of hydrogen-bond acceptors (Lipinski definition) is 4.